The maximum Gasteiger partial charge on any atom is 0.0487 e. The van der Waals surface area contributed by atoms with Gasteiger partial charge in [-0.05, 0) is 41.2 Å². The Morgan fingerprint density at radius 1 is 0.947 bits per heavy atom. The molecule has 2 rings (SSSR count). The van der Waals surface area contributed by atoms with E-state index in [1.54, 1.807) is 0 Å². The molecule has 0 amide bonds. The number of nitrogens with two attached hydrogens (primary N) is 1. The van der Waals surface area contributed by atoms with Gasteiger partial charge in [0.2, 0.25) is 0 Å². The van der Waals surface area contributed by atoms with E-state index in [-0.39, 0.29) is 0 Å². The summed E-state index contributed by atoms with van der Waals surface area (Å²) >= 11 is 6.36. The van der Waals surface area contributed by atoms with Crippen molar-refractivity contribution in [2.75, 3.05) is 0 Å². The van der Waals surface area contributed by atoms with E-state index in [2.05, 4.69) is 38.1 Å². The number of hydrogen-bond acceptors (Lipinski definition) is 1. The topological polar surface area (TPSA) is 26.0 Å². The zero-order valence-corrected chi connectivity index (χ0v) is 12.3. The highest BCUT2D eigenvalue weighted by Crippen LogP contribution is 2.30. The van der Waals surface area contributed by atoms with Gasteiger partial charge in [-0.1, -0.05) is 55.8 Å². The molecule has 2 aromatic rings. The smallest absolute Gasteiger partial charge is 0.0487 e. The van der Waals surface area contributed by atoms with Gasteiger partial charge in [0, 0.05) is 17.1 Å². The lowest BCUT2D eigenvalue weighted by Gasteiger charge is -2.11. The third-order valence-electron chi connectivity index (χ3n) is 3.55. The molecule has 0 unspecified atom stereocenters. The lowest BCUT2D eigenvalue weighted by Crippen LogP contribution is -1.96. The van der Waals surface area contributed by atoms with Crippen molar-refractivity contribution in [1.82, 2.24) is 0 Å². The highest BCUT2D eigenvalue weighted by Gasteiger charge is 2.07. The molecule has 1 nitrogen and oxygen atoms in total. The minimum absolute atomic E-state index is 0.523. The molecule has 0 aliphatic carbocycles. The van der Waals surface area contributed by atoms with Gasteiger partial charge in [0.1, 0.15) is 0 Å². The van der Waals surface area contributed by atoms with Crippen LogP contribution in [0.15, 0.2) is 36.4 Å². The van der Waals surface area contributed by atoms with Gasteiger partial charge in [-0.25, -0.2) is 0 Å². The minimum atomic E-state index is 0.523. The van der Waals surface area contributed by atoms with Crippen molar-refractivity contribution in [3.05, 3.63) is 58.1 Å². The average molecular weight is 274 g/mol. The number of halogens is 1. The van der Waals surface area contributed by atoms with Crippen molar-refractivity contribution in [3.8, 4) is 11.1 Å². The lowest BCUT2D eigenvalue weighted by molar-refractivity contribution is 1.04. The fraction of sp³-hybridized carbons (Fsp3) is 0.294. The Kier molecular flexibility index (Phi) is 4.62. The summed E-state index contributed by atoms with van der Waals surface area (Å²) in [6.45, 7) is 4.91. The van der Waals surface area contributed by atoms with Gasteiger partial charge in [0.15, 0.2) is 0 Å². The van der Waals surface area contributed by atoms with E-state index in [0.29, 0.717) is 6.54 Å². The van der Waals surface area contributed by atoms with E-state index >= 15 is 0 Å². The van der Waals surface area contributed by atoms with Gasteiger partial charge in [-0.2, -0.15) is 0 Å². The molecule has 0 spiro atoms. The summed E-state index contributed by atoms with van der Waals surface area (Å²) < 4.78 is 0. The molecular weight excluding hydrogens is 254 g/mol. The van der Waals surface area contributed by atoms with E-state index in [9.17, 15) is 0 Å². The second-order valence-corrected chi connectivity index (χ2v) is 5.12. The van der Waals surface area contributed by atoms with Gasteiger partial charge < -0.3 is 5.73 Å². The molecule has 2 aromatic carbocycles. The fourth-order valence-electron chi connectivity index (χ4n) is 2.39. The Balaban J connectivity index is 2.47. The maximum absolute atomic E-state index is 6.36. The van der Waals surface area contributed by atoms with Crippen LogP contribution < -0.4 is 5.73 Å². The molecule has 0 saturated heterocycles. The molecule has 0 radical (unpaired) electrons. The summed E-state index contributed by atoms with van der Waals surface area (Å²) in [5, 5.41) is 0.772. The molecule has 2 N–H and O–H groups in total. The van der Waals surface area contributed by atoms with Crippen molar-refractivity contribution in [3.63, 3.8) is 0 Å². The molecule has 0 aromatic heterocycles. The van der Waals surface area contributed by atoms with E-state index in [4.69, 9.17) is 17.3 Å². The summed E-state index contributed by atoms with van der Waals surface area (Å²) in [4.78, 5) is 0. The van der Waals surface area contributed by atoms with Crippen molar-refractivity contribution in [1.29, 1.82) is 0 Å². The quantitative estimate of drug-likeness (QED) is 0.866. The summed E-state index contributed by atoms with van der Waals surface area (Å²) in [6, 6.07) is 12.7. The first kappa shape index (κ1) is 14.1. The summed E-state index contributed by atoms with van der Waals surface area (Å²) in [7, 11) is 0. The van der Waals surface area contributed by atoms with Crippen LogP contribution in [0.4, 0.5) is 0 Å². The van der Waals surface area contributed by atoms with E-state index < -0.39 is 0 Å². The molecule has 0 saturated carbocycles. The van der Waals surface area contributed by atoms with Crippen molar-refractivity contribution >= 4 is 11.6 Å². The van der Waals surface area contributed by atoms with Crippen LogP contribution in [0.5, 0.6) is 0 Å². The first-order valence-corrected chi connectivity index (χ1v) is 7.18. The molecule has 100 valence electrons. The number of aryl methyl sites for hydroxylation is 2. The minimum Gasteiger partial charge on any atom is -0.326 e. The Morgan fingerprint density at radius 2 is 1.68 bits per heavy atom. The Bertz CT molecular complexity index is 575. The zero-order valence-electron chi connectivity index (χ0n) is 11.5. The monoisotopic (exact) mass is 273 g/mol. The lowest BCUT2D eigenvalue weighted by atomic mass is 9.96. The summed E-state index contributed by atoms with van der Waals surface area (Å²) in [6.07, 6.45) is 2.12. The predicted octanol–water partition coefficient (Wildman–Crippen LogP) is 4.59. The Morgan fingerprint density at radius 3 is 2.26 bits per heavy atom. The largest absolute Gasteiger partial charge is 0.326 e. The maximum atomic E-state index is 6.36. The molecule has 19 heavy (non-hydrogen) atoms. The van der Waals surface area contributed by atoms with Crippen LogP contribution in [-0.2, 0) is 19.4 Å². The van der Waals surface area contributed by atoms with Gasteiger partial charge in [0.05, 0.1) is 0 Å². The fourth-order valence-corrected chi connectivity index (χ4v) is 2.70. The summed E-state index contributed by atoms with van der Waals surface area (Å²) in [5.74, 6) is 0. The van der Waals surface area contributed by atoms with E-state index in [1.807, 2.05) is 12.1 Å². The first-order chi connectivity index (χ1) is 9.19. The van der Waals surface area contributed by atoms with Crippen LogP contribution in [0.25, 0.3) is 11.1 Å². The third-order valence-corrected chi connectivity index (χ3v) is 3.86. The Hall–Kier alpha value is -1.31. The van der Waals surface area contributed by atoms with Gasteiger partial charge in [-0.3, -0.25) is 0 Å². The first-order valence-electron chi connectivity index (χ1n) is 6.80. The molecule has 2 heteroatoms. The number of hydrogen-bond donors (Lipinski definition) is 1. The van der Waals surface area contributed by atoms with Gasteiger partial charge in [-0.15, -0.1) is 0 Å². The molecule has 0 aliphatic heterocycles. The SMILES string of the molecule is CCc1ccc(-c2ccc(CN)cc2Cl)cc1CC. The van der Waals surface area contributed by atoms with Crippen LogP contribution >= 0.6 is 11.6 Å². The summed E-state index contributed by atoms with van der Waals surface area (Å²) in [5.41, 5.74) is 11.8. The second-order valence-electron chi connectivity index (χ2n) is 4.71. The number of benzene rings is 2. The normalized spacial score (nSPS) is 10.7. The highest BCUT2D eigenvalue weighted by molar-refractivity contribution is 6.33. The zero-order chi connectivity index (χ0) is 13.8. The molecule has 0 bridgehead atoms. The standard InChI is InChI=1S/C17H20ClN/c1-3-13-6-7-15(10-14(13)4-2)16-8-5-12(11-19)9-17(16)18/h5-10H,3-4,11,19H2,1-2H3. The molecular formula is C17H20ClN. The van der Waals surface area contributed by atoms with E-state index in [0.717, 1.165) is 29.0 Å². The van der Waals surface area contributed by atoms with Gasteiger partial charge in [0.25, 0.3) is 0 Å². The molecule has 0 atom stereocenters. The molecule has 0 aliphatic rings. The van der Waals surface area contributed by atoms with Crippen LogP contribution in [-0.4, -0.2) is 0 Å². The van der Waals surface area contributed by atoms with Crippen molar-refractivity contribution in [2.24, 2.45) is 5.73 Å². The van der Waals surface area contributed by atoms with Crippen molar-refractivity contribution in [2.45, 2.75) is 33.2 Å². The molecule has 0 heterocycles. The highest BCUT2D eigenvalue weighted by atomic mass is 35.5. The average Bonchev–Trinajstić information content (AvgIpc) is 2.46. The molecule has 0 fully saturated rings. The van der Waals surface area contributed by atoms with Crippen LogP contribution in [0.1, 0.15) is 30.5 Å². The predicted molar refractivity (Wildman–Crippen MR) is 83.5 cm³/mol. The van der Waals surface area contributed by atoms with Crippen molar-refractivity contribution < 1.29 is 0 Å². The van der Waals surface area contributed by atoms with Gasteiger partial charge >= 0.3 is 0 Å². The van der Waals surface area contributed by atoms with Crippen LogP contribution in [0.3, 0.4) is 0 Å². The second kappa shape index (κ2) is 6.23. The van der Waals surface area contributed by atoms with Crippen LogP contribution in [0.2, 0.25) is 5.02 Å². The number of rotatable bonds is 4. The Labute approximate surface area is 120 Å². The van der Waals surface area contributed by atoms with Crippen LogP contribution in [0, 0.1) is 0 Å². The van der Waals surface area contributed by atoms with E-state index in [1.165, 1.54) is 16.7 Å². The third kappa shape index (κ3) is 2.99.